The maximum Gasteiger partial charge on any atom is 0.252 e. The zero-order valence-corrected chi connectivity index (χ0v) is 29.3. The van der Waals surface area contributed by atoms with Gasteiger partial charge in [0, 0.05) is 54.3 Å². The highest BCUT2D eigenvalue weighted by molar-refractivity contribution is 6.32. The predicted octanol–water partition coefficient (Wildman–Crippen LogP) is 7.31. The summed E-state index contributed by atoms with van der Waals surface area (Å²) in [5.74, 6) is -0.758. The quantitative estimate of drug-likeness (QED) is 0.144. The van der Waals surface area contributed by atoms with Crippen LogP contribution in [0.5, 0.6) is 11.5 Å². The van der Waals surface area contributed by atoms with Crippen molar-refractivity contribution in [3.63, 3.8) is 0 Å². The van der Waals surface area contributed by atoms with Crippen LogP contribution < -0.4 is 20.1 Å². The van der Waals surface area contributed by atoms with Crippen LogP contribution in [0.25, 0.3) is 5.57 Å². The predicted molar refractivity (Wildman–Crippen MR) is 189 cm³/mol. The number of piperidine rings is 1. The van der Waals surface area contributed by atoms with Crippen molar-refractivity contribution in [2.75, 3.05) is 13.7 Å². The molecule has 1 saturated heterocycles. The first-order chi connectivity index (χ1) is 24.2. The molecular formula is C40H44ClF2N3O4. The smallest absolute Gasteiger partial charge is 0.252 e. The molecule has 2 aliphatic carbocycles. The molecule has 2 heterocycles. The number of carbonyl (C=O) groups excluding carboxylic acids is 2. The first-order valence-electron chi connectivity index (χ1n) is 17.8. The second kappa shape index (κ2) is 14.7. The fraction of sp³-hybridized carbons (Fsp3) is 0.450. The average molecular weight is 704 g/mol. The van der Waals surface area contributed by atoms with Gasteiger partial charge in [-0.25, -0.2) is 8.78 Å². The minimum absolute atomic E-state index is 0.00540. The Balaban J connectivity index is 1.13. The van der Waals surface area contributed by atoms with Crippen LogP contribution >= 0.6 is 11.6 Å². The van der Waals surface area contributed by atoms with Gasteiger partial charge >= 0.3 is 0 Å². The standard InChI is InChI=1S/C40H44ClF2N3O4/c1-23-26(6-3-7-35(23)49-2)22-46(31-14-15-31)40(48)37-32(21-30-17-27(18-34(37)44-30)39(47)45-29-12-13-29)25-10-8-24(9-11-25)5-4-16-50-36-20-28(42)19-33(43)38(36)41/h3,6-11,19-20,27,29-31,34,44H,4-5,12-18,21-22H2,1-2H3,(H,45,47). The molecule has 4 aliphatic rings. The fourth-order valence-corrected chi connectivity index (χ4v) is 7.64. The van der Waals surface area contributed by atoms with Crippen LogP contribution in [-0.4, -0.2) is 54.6 Å². The number of hydrogen-bond donors (Lipinski definition) is 2. The SMILES string of the molecule is COc1cccc(CN(C(=O)C2=C(c3ccc(CCCOc4cc(F)cc(F)c4Cl)cc3)CC3CC(C(=O)NC4CC4)CC2N3)C2CC2)c1C. The molecule has 0 spiro atoms. The number of carbonyl (C=O) groups is 2. The molecule has 2 bridgehead atoms. The van der Waals surface area contributed by atoms with Gasteiger partial charge in [-0.15, -0.1) is 0 Å². The van der Waals surface area contributed by atoms with E-state index in [9.17, 15) is 18.4 Å². The number of nitrogens with zero attached hydrogens (tertiary/aromatic N) is 1. The summed E-state index contributed by atoms with van der Waals surface area (Å²) < 4.78 is 38.6. The molecule has 7 rings (SSSR count). The maximum absolute atomic E-state index is 14.8. The number of amides is 2. The molecule has 2 aliphatic heterocycles. The summed E-state index contributed by atoms with van der Waals surface area (Å²) in [6.07, 6.45) is 7.36. The molecule has 3 fully saturated rings. The number of fused-ring (bicyclic) bond motifs is 2. The minimum Gasteiger partial charge on any atom is -0.496 e. The maximum atomic E-state index is 14.8. The number of halogens is 3. The zero-order valence-electron chi connectivity index (χ0n) is 28.6. The molecule has 50 heavy (non-hydrogen) atoms. The highest BCUT2D eigenvalue weighted by Crippen LogP contribution is 2.41. The van der Waals surface area contributed by atoms with Crippen LogP contribution in [0.2, 0.25) is 5.02 Å². The van der Waals surface area contributed by atoms with Crippen LogP contribution in [0.4, 0.5) is 8.78 Å². The number of methoxy groups -OCH3 is 1. The molecule has 3 aromatic carbocycles. The number of benzene rings is 3. The second-order valence-corrected chi connectivity index (χ2v) is 14.6. The average Bonchev–Trinajstić information content (AvgIpc) is 4.05. The summed E-state index contributed by atoms with van der Waals surface area (Å²) >= 11 is 5.94. The van der Waals surface area contributed by atoms with Crippen LogP contribution in [0, 0.1) is 24.5 Å². The van der Waals surface area contributed by atoms with Gasteiger partial charge in [-0.05, 0) is 98.6 Å². The summed E-state index contributed by atoms with van der Waals surface area (Å²) in [5, 5.41) is 6.72. The van der Waals surface area contributed by atoms with Gasteiger partial charge in [0.05, 0.1) is 13.7 Å². The van der Waals surface area contributed by atoms with E-state index in [0.29, 0.717) is 38.3 Å². The van der Waals surface area contributed by atoms with Crippen molar-refractivity contribution in [2.45, 2.75) is 95.4 Å². The second-order valence-electron chi connectivity index (χ2n) is 14.2. The number of nitrogens with one attached hydrogen (secondary N) is 2. The highest BCUT2D eigenvalue weighted by atomic mass is 35.5. The third kappa shape index (κ3) is 7.69. The van der Waals surface area contributed by atoms with Crippen molar-refractivity contribution in [3.05, 3.63) is 99.1 Å². The Bertz CT molecular complexity index is 1790. The number of ether oxygens (including phenoxy) is 2. The first-order valence-corrected chi connectivity index (χ1v) is 18.2. The van der Waals surface area contributed by atoms with Gasteiger partial charge in [0.2, 0.25) is 5.91 Å². The van der Waals surface area contributed by atoms with Gasteiger partial charge in [0.15, 0.2) is 0 Å². The molecule has 10 heteroatoms. The van der Waals surface area contributed by atoms with E-state index >= 15 is 0 Å². The van der Waals surface area contributed by atoms with Crippen LogP contribution in [0.3, 0.4) is 0 Å². The molecule has 2 saturated carbocycles. The van der Waals surface area contributed by atoms with Crippen molar-refractivity contribution in [1.29, 1.82) is 0 Å². The van der Waals surface area contributed by atoms with Crippen LogP contribution in [0.1, 0.15) is 73.6 Å². The van der Waals surface area contributed by atoms with Crippen molar-refractivity contribution in [1.82, 2.24) is 15.5 Å². The number of rotatable bonds is 13. The van der Waals surface area contributed by atoms with Crippen molar-refractivity contribution < 1.29 is 27.8 Å². The third-order valence-corrected chi connectivity index (χ3v) is 10.9. The Labute approximate surface area is 297 Å². The summed E-state index contributed by atoms with van der Waals surface area (Å²) in [6.45, 7) is 2.79. The Morgan fingerprint density at radius 2 is 1.80 bits per heavy atom. The number of aryl methyl sites for hydroxylation is 1. The topological polar surface area (TPSA) is 79.9 Å². The third-order valence-electron chi connectivity index (χ3n) is 10.5. The molecular weight excluding hydrogens is 660 g/mol. The van der Waals surface area contributed by atoms with Gasteiger partial charge in [-0.2, -0.15) is 0 Å². The summed E-state index contributed by atoms with van der Waals surface area (Å²) in [5.41, 5.74) is 6.03. The molecule has 7 nitrogen and oxygen atoms in total. The van der Waals surface area contributed by atoms with Crippen molar-refractivity contribution in [3.8, 4) is 11.5 Å². The Hall–Kier alpha value is -3.95. The molecule has 3 unspecified atom stereocenters. The Morgan fingerprint density at radius 3 is 2.52 bits per heavy atom. The lowest BCUT2D eigenvalue weighted by Gasteiger charge is -2.43. The van der Waals surface area contributed by atoms with E-state index in [4.69, 9.17) is 21.1 Å². The summed E-state index contributed by atoms with van der Waals surface area (Å²) in [6, 6.07) is 16.5. The van der Waals surface area contributed by atoms with Gasteiger partial charge in [0.1, 0.15) is 28.2 Å². The van der Waals surface area contributed by atoms with E-state index in [-0.39, 0.29) is 53.2 Å². The molecule has 0 aromatic heterocycles. The molecule has 2 N–H and O–H groups in total. The summed E-state index contributed by atoms with van der Waals surface area (Å²) in [4.78, 5) is 30.1. The van der Waals surface area contributed by atoms with E-state index in [1.165, 1.54) is 0 Å². The van der Waals surface area contributed by atoms with Gasteiger partial charge in [0.25, 0.3) is 5.91 Å². The monoisotopic (exact) mass is 703 g/mol. The van der Waals surface area contributed by atoms with Gasteiger partial charge in [-0.1, -0.05) is 48.0 Å². The van der Waals surface area contributed by atoms with Gasteiger partial charge < -0.3 is 25.0 Å². The lowest BCUT2D eigenvalue weighted by Crippen LogP contribution is -2.55. The zero-order chi connectivity index (χ0) is 34.9. The minimum atomic E-state index is -0.848. The number of hydrogen-bond acceptors (Lipinski definition) is 5. The highest BCUT2D eigenvalue weighted by Gasteiger charge is 2.44. The van der Waals surface area contributed by atoms with Crippen LogP contribution in [0.15, 0.2) is 60.2 Å². The Morgan fingerprint density at radius 1 is 1.02 bits per heavy atom. The fourth-order valence-electron chi connectivity index (χ4n) is 7.48. The molecule has 264 valence electrons. The molecule has 2 amide bonds. The summed E-state index contributed by atoms with van der Waals surface area (Å²) in [7, 11) is 1.67. The first kappa shape index (κ1) is 34.5. The van der Waals surface area contributed by atoms with Crippen molar-refractivity contribution >= 4 is 29.0 Å². The largest absolute Gasteiger partial charge is 0.496 e. The van der Waals surface area contributed by atoms with Crippen molar-refractivity contribution in [2.24, 2.45) is 5.92 Å². The molecule has 3 atom stereocenters. The molecule has 3 aromatic rings. The lowest BCUT2D eigenvalue weighted by atomic mass is 9.74. The Kier molecular flexibility index (Phi) is 10.2. The van der Waals surface area contributed by atoms with E-state index in [0.717, 1.165) is 83.4 Å². The van der Waals surface area contributed by atoms with E-state index in [1.54, 1.807) is 7.11 Å². The lowest BCUT2D eigenvalue weighted by molar-refractivity contribution is -0.130. The van der Waals surface area contributed by atoms with Gasteiger partial charge in [-0.3, -0.25) is 9.59 Å². The van der Waals surface area contributed by atoms with Crippen LogP contribution in [-0.2, 0) is 22.6 Å². The normalized spacial score (nSPS) is 21.5. The van der Waals surface area contributed by atoms with E-state index in [2.05, 4.69) is 41.0 Å². The molecule has 0 radical (unpaired) electrons. The van der Waals surface area contributed by atoms with E-state index < -0.39 is 11.6 Å². The van der Waals surface area contributed by atoms with E-state index in [1.807, 2.05) is 24.0 Å².